The van der Waals surface area contributed by atoms with Crippen LogP contribution in [0.3, 0.4) is 0 Å². The average Bonchev–Trinajstić information content (AvgIpc) is 2.93. The van der Waals surface area contributed by atoms with Crippen LogP contribution < -0.4 is 5.32 Å². The second-order valence-electron chi connectivity index (χ2n) is 5.72. The minimum Gasteiger partial charge on any atom is -0.388 e. The molecule has 0 aliphatic heterocycles. The lowest BCUT2D eigenvalue weighted by Gasteiger charge is -2.32. The first-order chi connectivity index (χ1) is 10.1. The van der Waals surface area contributed by atoms with E-state index in [4.69, 9.17) is 4.52 Å². The van der Waals surface area contributed by atoms with E-state index in [9.17, 15) is 5.11 Å². The standard InChI is InChI=1S/C15H20N4O2/c1-11-18-14(21-19-11)12-5-8-16-13(9-12)17-10-15(20)6-3-2-4-7-15/h5,8-9,20H,2-4,6-7,10H2,1H3,(H,16,17). The van der Waals surface area contributed by atoms with Crippen LogP contribution in [0.4, 0.5) is 5.82 Å². The summed E-state index contributed by atoms with van der Waals surface area (Å²) in [6, 6.07) is 3.69. The van der Waals surface area contributed by atoms with Gasteiger partial charge in [-0.25, -0.2) is 4.98 Å². The van der Waals surface area contributed by atoms with Gasteiger partial charge in [-0.3, -0.25) is 0 Å². The summed E-state index contributed by atoms with van der Waals surface area (Å²) in [7, 11) is 0. The van der Waals surface area contributed by atoms with Crippen molar-refractivity contribution in [2.45, 2.75) is 44.6 Å². The molecule has 1 fully saturated rings. The van der Waals surface area contributed by atoms with Crippen LogP contribution in [0.5, 0.6) is 0 Å². The van der Waals surface area contributed by atoms with Gasteiger partial charge in [0.15, 0.2) is 5.82 Å². The van der Waals surface area contributed by atoms with Gasteiger partial charge in [-0.2, -0.15) is 4.98 Å². The predicted octanol–water partition coefficient (Wildman–Crippen LogP) is 2.55. The number of rotatable bonds is 4. The molecule has 2 heterocycles. The molecule has 112 valence electrons. The molecule has 2 N–H and O–H groups in total. The quantitative estimate of drug-likeness (QED) is 0.899. The van der Waals surface area contributed by atoms with Crippen LogP contribution in [0.25, 0.3) is 11.5 Å². The Morgan fingerprint density at radius 1 is 1.33 bits per heavy atom. The van der Waals surface area contributed by atoms with Crippen molar-refractivity contribution in [2.24, 2.45) is 0 Å². The monoisotopic (exact) mass is 288 g/mol. The van der Waals surface area contributed by atoms with E-state index in [-0.39, 0.29) is 0 Å². The molecule has 1 aliphatic carbocycles. The minimum absolute atomic E-state index is 0.481. The molecule has 0 amide bonds. The van der Waals surface area contributed by atoms with Crippen LogP contribution in [0.15, 0.2) is 22.9 Å². The van der Waals surface area contributed by atoms with E-state index in [1.54, 1.807) is 13.1 Å². The van der Waals surface area contributed by atoms with Gasteiger partial charge in [-0.05, 0) is 31.9 Å². The summed E-state index contributed by atoms with van der Waals surface area (Å²) in [5.41, 5.74) is 0.209. The van der Waals surface area contributed by atoms with Gasteiger partial charge < -0.3 is 14.9 Å². The smallest absolute Gasteiger partial charge is 0.258 e. The van der Waals surface area contributed by atoms with Crippen molar-refractivity contribution in [2.75, 3.05) is 11.9 Å². The van der Waals surface area contributed by atoms with Crippen LogP contribution in [0, 0.1) is 6.92 Å². The van der Waals surface area contributed by atoms with Crippen LogP contribution in [0.2, 0.25) is 0 Å². The molecule has 0 radical (unpaired) electrons. The lowest BCUT2D eigenvalue weighted by molar-refractivity contribution is 0.0166. The summed E-state index contributed by atoms with van der Waals surface area (Å²) in [4.78, 5) is 8.48. The number of hydrogen-bond acceptors (Lipinski definition) is 6. The van der Waals surface area contributed by atoms with Crippen molar-refractivity contribution in [3.63, 3.8) is 0 Å². The van der Waals surface area contributed by atoms with Gasteiger partial charge in [0, 0.05) is 18.3 Å². The molecule has 0 aromatic carbocycles. The average molecular weight is 288 g/mol. The SMILES string of the molecule is Cc1noc(-c2ccnc(NCC3(O)CCCCC3)c2)n1. The van der Waals surface area contributed by atoms with Crippen molar-refractivity contribution in [1.29, 1.82) is 0 Å². The first-order valence-corrected chi connectivity index (χ1v) is 7.38. The zero-order chi connectivity index (χ0) is 14.7. The molecule has 0 spiro atoms. The maximum atomic E-state index is 10.5. The van der Waals surface area contributed by atoms with E-state index in [2.05, 4.69) is 20.4 Å². The van der Waals surface area contributed by atoms with Gasteiger partial charge in [0.2, 0.25) is 0 Å². The van der Waals surface area contributed by atoms with E-state index in [1.807, 2.05) is 12.1 Å². The highest BCUT2D eigenvalue weighted by Gasteiger charge is 2.28. The molecule has 2 aromatic heterocycles. The lowest BCUT2D eigenvalue weighted by atomic mass is 9.85. The molecule has 21 heavy (non-hydrogen) atoms. The normalized spacial score (nSPS) is 17.6. The number of anilines is 1. The summed E-state index contributed by atoms with van der Waals surface area (Å²) < 4.78 is 5.15. The number of hydrogen-bond donors (Lipinski definition) is 2. The fraction of sp³-hybridized carbons (Fsp3) is 0.533. The summed E-state index contributed by atoms with van der Waals surface area (Å²) in [6.45, 7) is 2.30. The largest absolute Gasteiger partial charge is 0.388 e. The van der Waals surface area contributed by atoms with Crippen LogP contribution in [-0.2, 0) is 0 Å². The zero-order valence-corrected chi connectivity index (χ0v) is 12.2. The summed E-state index contributed by atoms with van der Waals surface area (Å²) in [5.74, 6) is 1.80. The first kappa shape index (κ1) is 14.0. The van der Waals surface area contributed by atoms with Gasteiger partial charge >= 0.3 is 0 Å². The predicted molar refractivity (Wildman–Crippen MR) is 78.8 cm³/mol. The third-order valence-corrected chi connectivity index (χ3v) is 3.92. The molecular formula is C15H20N4O2. The maximum Gasteiger partial charge on any atom is 0.258 e. The fourth-order valence-electron chi connectivity index (χ4n) is 2.72. The number of nitrogens with one attached hydrogen (secondary N) is 1. The van der Waals surface area contributed by atoms with Crippen molar-refractivity contribution >= 4 is 5.82 Å². The van der Waals surface area contributed by atoms with Crippen molar-refractivity contribution in [3.05, 3.63) is 24.2 Å². The van der Waals surface area contributed by atoms with Gasteiger partial charge in [-0.1, -0.05) is 24.4 Å². The highest BCUT2D eigenvalue weighted by Crippen LogP contribution is 2.28. The molecule has 0 unspecified atom stereocenters. The highest BCUT2D eigenvalue weighted by atomic mass is 16.5. The number of aryl methyl sites for hydroxylation is 1. The Morgan fingerprint density at radius 2 is 2.14 bits per heavy atom. The molecule has 6 nitrogen and oxygen atoms in total. The third kappa shape index (κ3) is 3.39. The Bertz CT molecular complexity index is 605. The van der Waals surface area contributed by atoms with E-state index in [0.29, 0.717) is 24.1 Å². The first-order valence-electron chi connectivity index (χ1n) is 7.38. The van der Waals surface area contributed by atoms with E-state index in [1.165, 1.54) is 6.42 Å². The van der Waals surface area contributed by atoms with Crippen molar-refractivity contribution in [1.82, 2.24) is 15.1 Å². The van der Waals surface area contributed by atoms with E-state index >= 15 is 0 Å². The summed E-state index contributed by atoms with van der Waals surface area (Å²) in [5, 5.41) is 17.5. The highest BCUT2D eigenvalue weighted by molar-refractivity contribution is 5.57. The van der Waals surface area contributed by atoms with Gasteiger partial charge in [-0.15, -0.1) is 0 Å². The number of pyridine rings is 1. The Kier molecular flexibility index (Phi) is 3.88. The number of nitrogens with zero attached hydrogens (tertiary/aromatic N) is 3. The summed E-state index contributed by atoms with van der Waals surface area (Å²) in [6.07, 6.45) is 6.79. The van der Waals surface area contributed by atoms with Crippen LogP contribution in [-0.4, -0.2) is 32.4 Å². The fourth-order valence-corrected chi connectivity index (χ4v) is 2.72. The molecule has 1 aliphatic rings. The van der Waals surface area contributed by atoms with Crippen molar-refractivity contribution < 1.29 is 9.63 Å². The molecule has 0 bridgehead atoms. The topological polar surface area (TPSA) is 84.1 Å². The molecular weight excluding hydrogens is 268 g/mol. The van der Waals surface area contributed by atoms with Gasteiger partial charge in [0.1, 0.15) is 5.82 Å². The van der Waals surface area contributed by atoms with E-state index < -0.39 is 5.60 Å². The lowest BCUT2D eigenvalue weighted by Crippen LogP contribution is -2.38. The second kappa shape index (κ2) is 5.81. The number of aliphatic hydroxyl groups is 1. The molecule has 0 atom stereocenters. The van der Waals surface area contributed by atoms with E-state index in [0.717, 1.165) is 31.2 Å². The van der Waals surface area contributed by atoms with Gasteiger partial charge in [0.05, 0.1) is 5.60 Å². The van der Waals surface area contributed by atoms with Gasteiger partial charge in [0.25, 0.3) is 5.89 Å². The Hall–Kier alpha value is -1.95. The number of aromatic nitrogens is 3. The molecule has 3 rings (SSSR count). The third-order valence-electron chi connectivity index (χ3n) is 3.92. The Labute approximate surface area is 123 Å². The maximum absolute atomic E-state index is 10.5. The summed E-state index contributed by atoms with van der Waals surface area (Å²) >= 11 is 0. The second-order valence-corrected chi connectivity index (χ2v) is 5.72. The van der Waals surface area contributed by atoms with Crippen LogP contribution in [0.1, 0.15) is 37.9 Å². The zero-order valence-electron chi connectivity index (χ0n) is 12.2. The van der Waals surface area contributed by atoms with Crippen molar-refractivity contribution in [3.8, 4) is 11.5 Å². The molecule has 6 heteroatoms. The Morgan fingerprint density at radius 3 is 2.86 bits per heavy atom. The minimum atomic E-state index is -0.614. The molecule has 1 saturated carbocycles. The molecule has 0 saturated heterocycles. The van der Waals surface area contributed by atoms with Crippen LogP contribution >= 0.6 is 0 Å². The Balaban J connectivity index is 1.68. The molecule has 2 aromatic rings.